The first-order valence-corrected chi connectivity index (χ1v) is 14.1. The van der Waals surface area contributed by atoms with Crippen molar-refractivity contribution in [2.75, 3.05) is 0 Å². The van der Waals surface area contributed by atoms with Gasteiger partial charge in [0.2, 0.25) is 0 Å². The molecule has 4 aromatic heterocycles. The molecular weight excluding hydrogens is 486 g/mol. The van der Waals surface area contributed by atoms with Gasteiger partial charge in [-0.05, 0) is 40.8 Å². The van der Waals surface area contributed by atoms with Gasteiger partial charge in [0, 0.05) is 55.0 Å². The van der Waals surface area contributed by atoms with E-state index in [1.54, 1.807) is 11.3 Å². The molecule has 0 aliphatic rings. The minimum atomic E-state index is 0.343. The summed E-state index contributed by atoms with van der Waals surface area (Å²) in [4.78, 5) is 20.7. The van der Waals surface area contributed by atoms with Crippen LogP contribution in [0.1, 0.15) is 51.2 Å². The average Bonchev–Trinajstić information content (AvgIpc) is 3.72. The van der Waals surface area contributed by atoms with E-state index >= 15 is 0 Å². The molecule has 0 aliphatic heterocycles. The van der Waals surface area contributed by atoms with Crippen LogP contribution < -0.4 is 0 Å². The second-order valence-electron chi connectivity index (χ2n) is 11.0. The van der Waals surface area contributed by atoms with E-state index in [0.29, 0.717) is 11.8 Å². The van der Waals surface area contributed by atoms with Gasteiger partial charge in [-0.3, -0.25) is 0 Å². The molecule has 0 atom stereocenters. The number of fused-ring (bicyclic) bond motifs is 12. The molecule has 0 amide bonds. The predicted octanol–water partition coefficient (Wildman–Crippen LogP) is 9.36. The quantitative estimate of drug-likeness (QED) is 0.220. The Balaban J connectivity index is 1.39. The number of nitrogens with zero attached hydrogens (tertiary/aromatic N) is 2. The van der Waals surface area contributed by atoms with Crippen LogP contribution in [0.3, 0.4) is 0 Å². The van der Waals surface area contributed by atoms with E-state index in [0.717, 1.165) is 44.6 Å². The van der Waals surface area contributed by atoms with Crippen molar-refractivity contribution < 1.29 is 0 Å². The Morgan fingerprint density at radius 2 is 1.21 bits per heavy atom. The molecular formula is C32H27N5S. The van der Waals surface area contributed by atoms with Crippen LogP contribution >= 0.6 is 11.3 Å². The van der Waals surface area contributed by atoms with E-state index in [-0.39, 0.29) is 0 Å². The van der Waals surface area contributed by atoms with Crippen LogP contribution in [0.4, 0.5) is 0 Å². The number of nitrogens with one attached hydrogen (secondary N) is 3. The van der Waals surface area contributed by atoms with E-state index < -0.39 is 0 Å². The van der Waals surface area contributed by atoms with Gasteiger partial charge in [-0.25, -0.2) is 9.97 Å². The summed E-state index contributed by atoms with van der Waals surface area (Å²) >= 11 is 1.79. The van der Waals surface area contributed by atoms with Gasteiger partial charge in [-0.2, -0.15) is 0 Å². The van der Waals surface area contributed by atoms with Crippen LogP contribution in [0, 0.1) is 0 Å². The molecule has 38 heavy (non-hydrogen) atoms. The first-order valence-electron chi connectivity index (χ1n) is 13.2. The molecule has 186 valence electrons. The molecule has 0 saturated carbocycles. The first-order chi connectivity index (χ1) is 18.5. The van der Waals surface area contributed by atoms with Crippen LogP contribution in [-0.2, 0) is 0 Å². The van der Waals surface area contributed by atoms with Gasteiger partial charge in [0.15, 0.2) is 0 Å². The van der Waals surface area contributed by atoms with Crippen molar-refractivity contribution in [1.82, 2.24) is 24.9 Å². The van der Waals surface area contributed by atoms with Gasteiger partial charge < -0.3 is 15.0 Å². The normalized spacial score (nSPS) is 12.7. The highest BCUT2D eigenvalue weighted by Gasteiger charge is 2.18. The van der Waals surface area contributed by atoms with Gasteiger partial charge in [-0.15, -0.1) is 11.3 Å². The molecule has 5 nitrogen and oxygen atoms in total. The molecule has 0 fully saturated rings. The number of imidazole rings is 2. The molecule has 8 rings (SSSR count). The Labute approximate surface area is 222 Å². The molecule has 0 bridgehead atoms. The lowest BCUT2D eigenvalue weighted by Crippen LogP contribution is -1.88. The lowest BCUT2D eigenvalue weighted by molar-refractivity contribution is 0.799. The first kappa shape index (κ1) is 21.9. The summed E-state index contributed by atoms with van der Waals surface area (Å²) in [6.45, 7) is 8.73. The second-order valence-corrected chi connectivity index (χ2v) is 11.9. The fraction of sp³-hybridized carbons (Fsp3) is 0.188. The van der Waals surface area contributed by atoms with E-state index in [2.05, 4.69) is 96.6 Å². The Morgan fingerprint density at radius 3 is 1.87 bits per heavy atom. The van der Waals surface area contributed by atoms with Crippen LogP contribution in [0.5, 0.6) is 0 Å². The van der Waals surface area contributed by atoms with Crippen molar-refractivity contribution in [3.05, 3.63) is 71.8 Å². The molecule has 0 radical (unpaired) electrons. The van der Waals surface area contributed by atoms with Crippen molar-refractivity contribution in [1.29, 1.82) is 0 Å². The topological polar surface area (TPSA) is 73.2 Å². The lowest BCUT2D eigenvalue weighted by Gasteiger charge is -2.09. The van der Waals surface area contributed by atoms with Gasteiger partial charge in [0.25, 0.3) is 0 Å². The van der Waals surface area contributed by atoms with Crippen molar-refractivity contribution in [3.8, 4) is 11.1 Å². The Morgan fingerprint density at radius 1 is 0.605 bits per heavy atom. The molecule has 4 heterocycles. The maximum absolute atomic E-state index is 4.98. The number of H-pyrrole nitrogens is 3. The van der Waals surface area contributed by atoms with E-state index in [1.165, 1.54) is 42.8 Å². The minimum Gasteiger partial charge on any atom is -0.361 e. The predicted molar refractivity (Wildman–Crippen MR) is 162 cm³/mol. The number of aromatic nitrogens is 5. The van der Waals surface area contributed by atoms with Gasteiger partial charge >= 0.3 is 0 Å². The number of hydrogen-bond donors (Lipinski definition) is 3. The summed E-state index contributed by atoms with van der Waals surface area (Å²) in [5.74, 6) is 2.76. The molecule has 0 unspecified atom stereocenters. The summed E-state index contributed by atoms with van der Waals surface area (Å²) in [7, 11) is 0. The summed E-state index contributed by atoms with van der Waals surface area (Å²) in [5, 5.41) is 9.47. The summed E-state index contributed by atoms with van der Waals surface area (Å²) in [6.07, 6.45) is 2.02. The zero-order valence-corrected chi connectivity index (χ0v) is 22.5. The Bertz CT molecular complexity index is 2040. The third-order valence-electron chi connectivity index (χ3n) is 7.89. The third kappa shape index (κ3) is 2.92. The summed E-state index contributed by atoms with van der Waals surface area (Å²) in [5.41, 5.74) is 7.92. The lowest BCUT2D eigenvalue weighted by atomic mass is 9.96. The highest BCUT2D eigenvalue weighted by molar-refractivity contribution is 7.18. The highest BCUT2D eigenvalue weighted by atomic mass is 32.1. The summed E-state index contributed by atoms with van der Waals surface area (Å²) in [6, 6.07) is 18.0. The fourth-order valence-electron chi connectivity index (χ4n) is 5.88. The molecule has 4 aromatic carbocycles. The third-order valence-corrected chi connectivity index (χ3v) is 8.83. The van der Waals surface area contributed by atoms with Crippen molar-refractivity contribution >= 4 is 75.9 Å². The smallest absolute Gasteiger partial charge is 0.109 e. The molecule has 8 aromatic rings. The van der Waals surface area contributed by atoms with E-state index in [4.69, 9.17) is 9.97 Å². The van der Waals surface area contributed by atoms with E-state index in [9.17, 15) is 0 Å². The van der Waals surface area contributed by atoms with Crippen LogP contribution in [0.15, 0.2) is 60.1 Å². The van der Waals surface area contributed by atoms with Gasteiger partial charge in [0.05, 0.1) is 27.6 Å². The Hall–Kier alpha value is -4.16. The minimum absolute atomic E-state index is 0.343. The zero-order valence-electron chi connectivity index (χ0n) is 21.7. The van der Waals surface area contributed by atoms with Crippen LogP contribution in [0.2, 0.25) is 0 Å². The molecule has 0 aliphatic carbocycles. The van der Waals surface area contributed by atoms with Crippen LogP contribution in [0.25, 0.3) is 75.7 Å². The maximum Gasteiger partial charge on any atom is 0.109 e. The van der Waals surface area contributed by atoms with Crippen molar-refractivity contribution in [3.63, 3.8) is 0 Å². The van der Waals surface area contributed by atoms with Crippen molar-refractivity contribution in [2.24, 2.45) is 0 Å². The molecule has 0 spiro atoms. The number of benzene rings is 4. The van der Waals surface area contributed by atoms with Crippen LogP contribution in [-0.4, -0.2) is 24.9 Å². The highest BCUT2D eigenvalue weighted by Crippen LogP contribution is 2.41. The standard InChI is InChI=1S/C32H27N5S/c1-15(2)31-34-26-19-7-5-17(13-23(19)25-21(9-11-33-25)28(26)36-31)18-6-8-20-24(14-18)30-22(10-12-38-30)29-27(20)35-32(37-29)16(3)4/h5-16,33H,1-4H3,(H,34,36)(H,35,37). The average molecular weight is 514 g/mol. The fourth-order valence-corrected chi connectivity index (χ4v) is 6.81. The number of thiophene rings is 1. The summed E-state index contributed by atoms with van der Waals surface area (Å²) < 4.78 is 1.30. The van der Waals surface area contributed by atoms with E-state index in [1.807, 2.05) is 6.20 Å². The van der Waals surface area contributed by atoms with Gasteiger partial charge in [-0.1, -0.05) is 52.0 Å². The number of rotatable bonds is 3. The van der Waals surface area contributed by atoms with Crippen molar-refractivity contribution in [2.45, 2.75) is 39.5 Å². The number of aromatic amines is 3. The SMILES string of the molecule is CC(C)c1nc2c3cc[nH]c3c3cc(-c4ccc5c(c4)c4sccc4c4nc(C(C)C)[nH]c54)ccc3c2[nH]1. The largest absolute Gasteiger partial charge is 0.361 e. The number of hydrogen-bond acceptors (Lipinski definition) is 3. The second kappa shape index (κ2) is 7.68. The van der Waals surface area contributed by atoms with Gasteiger partial charge in [0.1, 0.15) is 11.6 Å². The molecule has 6 heteroatoms. The monoisotopic (exact) mass is 513 g/mol. The molecule has 3 N–H and O–H groups in total. The molecule has 0 saturated heterocycles. The maximum atomic E-state index is 4.98. The zero-order chi connectivity index (χ0) is 25.7. The Kier molecular flexibility index (Phi) is 4.42.